The number of H-pyrrole nitrogens is 1. The molecule has 3 aromatic rings. The molecule has 0 bridgehead atoms. The van der Waals surface area contributed by atoms with Crippen molar-refractivity contribution in [3.8, 4) is 17.1 Å². The van der Waals surface area contributed by atoms with E-state index in [1.807, 2.05) is 44.3 Å². The highest BCUT2D eigenvalue weighted by Gasteiger charge is 2.35. The van der Waals surface area contributed by atoms with Crippen LogP contribution in [-0.4, -0.2) is 39.3 Å². The summed E-state index contributed by atoms with van der Waals surface area (Å²) in [6.07, 6.45) is 2.18. The van der Waals surface area contributed by atoms with Crippen LogP contribution >= 0.6 is 0 Å². The zero-order chi connectivity index (χ0) is 18.3. The van der Waals surface area contributed by atoms with E-state index >= 15 is 0 Å². The number of aryl methyl sites for hydroxylation is 2. The molecule has 1 aliphatic heterocycles. The van der Waals surface area contributed by atoms with Crippen LogP contribution in [0.4, 0.5) is 5.69 Å². The second-order valence-electron chi connectivity index (χ2n) is 6.51. The number of imidazole rings is 1. The predicted molar refractivity (Wildman–Crippen MR) is 98.2 cm³/mol. The molecule has 1 aliphatic rings. The summed E-state index contributed by atoms with van der Waals surface area (Å²) in [5.41, 5.74) is 3.61. The third kappa shape index (κ3) is 2.65. The minimum atomic E-state index is 0.0214. The van der Waals surface area contributed by atoms with Crippen LogP contribution in [-0.2, 0) is 11.8 Å². The van der Waals surface area contributed by atoms with Crippen molar-refractivity contribution in [3.05, 3.63) is 48.0 Å². The van der Waals surface area contributed by atoms with E-state index in [0.717, 1.165) is 28.6 Å². The van der Waals surface area contributed by atoms with Crippen molar-refractivity contribution in [2.24, 2.45) is 7.05 Å². The molecule has 7 nitrogen and oxygen atoms in total. The number of nitrogens with one attached hydrogen (secondary N) is 1. The third-order valence-corrected chi connectivity index (χ3v) is 4.85. The Hall–Kier alpha value is -3.09. The highest BCUT2D eigenvalue weighted by atomic mass is 16.5. The van der Waals surface area contributed by atoms with Crippen LogP contribution < -0.4 is 9.64 Å². The number of amides is 1. The Morgan fingerprint density at radius 1 is 1.27 bits per heavy atom. The van der Waals surface area contributed by atoms with E-state index in [4.69, 9.17) is 9.72 Å². The summed E-state index contributed by atoms with van der Waals surface area (Å²) in [5, 5.41) is 4.21. The van der Waals surface area contributed by atoms with Gasteiger partial charge in [-0.3, -0.25) is 9.48 Å². The molecule has 1 unspecified atom stereocenters. The van der Waals surface area contributed by atoms with Crippen molar-refractivity contribution in [2.75, 3.05) is 18.6 Å². The van der Waals surface area contributed by atoms with Gasteiger partial charge < -0.3 is 14.6 Å². The molecule has 26 heavy (non-hydrogen) atoms. The molecule has 0 radical (unpaired) electrons. The van der Waals surface area contributed by atoms with E-state index in [0.29, 0.717) is 18.7 Å². The van der Waals surface area contributed by atoms with Gasteiger partial charge >= 0.3 is 0 Å². The van der Waals surface area contributed by atoms with E-state index in [1.54, 1.807) is 22.9 Å². The average molecular weight is 351 g/mol. The number of ether oxygens (including phenoxy) is 1. The minimum absolute atomic E-state index is 0.0214. The molecular formula is C19H21N5O2. The Morgan fingerprint density at radius 3 is 2.81 bits per heavy atom. The van der Waals surface area contributed by atoms with Crippen molar-refractivity contribution in [2.45, 2.75) is 19.3 Å². The standard InChI is InChI=1S/C19H21N5O2/c1-12-18(15-8-9-20-23(15)2)22-19(21-12)13-10-17(25)24(11-13)14-6-4-5-7-16(14)26-3/h4-9,13H,10-11H2,1-3H3,(H,21,22). The van der Waals surface area contributed by atoms with Crippen LogP contribution in [0.25, 0.3) is 11.4 Å². The maximum Gasteiger partial charge on any atom is 0.227 e. The summed E-state index contributed by atoms with van der Waals surface area (Å²) in [5.74, 6) is 1.64. The topological polar surface area (TPSA) is 76.0 Å². The summed E-state index contributed by atoms with van der Waals surface area (Å²) in [4.78, 5) is 22.5. The van der Waals surface area contributed by atoms with Gasteiger partial charge in [-0.05, 0) is 25.1 Å². The van der Waals surface area contributed by atoms with Gasteiger partial charge in [0.15, 0.2) is 0 Å². The fourth-order valence-corrected chi connectivity index (χ4v) is 3.51. The fourth-order valence-electron chi connectivity index (χ4n) is 3.51. The van der Waals surface area contributed by atoms with Gasteiger partial charge in [-0.25, -0.2) is 4.98 Å². The van der Waals surface area contributed by atoms with Gasteiger partial charge in [-0.1, -0.05) is 12.1 Å². The number of nitrogens with zero attached hydrogens (tertiary/aromatic N) is 4. The van der Waals surface area contributed by atoms with Crippen LogP contribution in [0.3, 0.4) is 0 Å². The van der Waals surface area contributed by atoms with Gasteiger partial charge in [0, 0.05) is 37.8 Å². The molecule has 0 saturated carbocycles. The molecule has 1 aromatic carbocycles. The summed E-state index contributed by atoms with van der Waals surface area (Å²) in [7, 11) is 3.51. The quantitative estimate of drug-likeness (QED) is 0.784. The zero-order valence-electron chi connectivity index (χ0n) is 15.1. The van der Waals surface area contributed by atoms with Crippen molar-refractivity contribution < 1.29 is 9.53 Å². The number of para-hydroxylation sites is 2. The number of hydrogen-bond acceptors (Lipinski definition) is 4. The summed E-state index contributed by atoms with van der Waals surface area (Å²) < 4.78 is 7.20. The van der Waals surface area contributed by atoms with Crippen LogP contribution in [0.5, 0.6) is 5.75 Å². The van der Waals surface area contributed by atoms with E-state index < -0.39 is 0 Å². The summed E-state index contributed by atoms with van der Waals surface area (Å²) in [6.45, 7) is 2.57. The van der Waals surface area contributed by atoms with E-state index in [-0.39, 0.29) is 11.8 Å². The maximum absolute atomic E-state index is 12.6. The van der Waals surface area contributed by atoms with Gasteiger partial charge in [-0.2, -0.15) is 5.10 Å². The molecule has 3 heterocycles. The molecule has 134 valence electrons. The van der Waals surface area contributed by atoms with Crippen LogP contribution in [0.15, 0.2) is 36.5 Å². The lowest BCUT2D eigenvalue weighted by atomic mass is 10.1. The summed E-state index contributed by atoms with van der Waals surface area (Å²) in [6, 6.07) is 9.53. The first-order chi connectivity index (χ1) is 12.6. The lowest BCUT2D eigenvalue weighted by Crippen LogP contribution is -2.24. The zero-order valence-corrected chi connectivity index (χ0v) is 15.1. The monoisotopic (exact) mass is 351 g/mol. The molecule has 0 aliphatic carbocycles. The first kappa shape index (κ1) is 16.4. The minimum Gasteiger partial charge on any atom is -0.495 e. The van der Waals surface area contributed by atoms with E-state index in [9.17, 15) is 4.79 Å². The Kier molecular flexibility index (Phi) is 3.99. The van der Waals surface area contributed by atoms with Crippen molar-refractivity contribution in [1.29, 1.82) is 0 Å². The molecule has 1 atom stereocenters. The molecule has 0 spiro atoms. The Balaban J connectivity index is 1.63. The highest BCUT2D eigenvalue weighted by molar-refractivity contribution is 5.97. The van der Waals surface area contributed by atoms with Gasteiger partial charge in [0.2, 0.25) is 5.91 Å². The SMILES string of the molecule is COc1ccccc1N1CC(c2nc(-c3ccnn3C)c(C)[nH]2)CC1=O. The largest absolute Gasteiger partial charge is 0.495 e. The molecule has 1 saturated heterocycles. The molecule has 7 heteroatoms. The first-order valence-electron chi connectivity index (χ1n) is 8.56. The van der Waals surface area contributed by atoms with Crippen molar-refractivity contribution >= 4 is 11.6 Å². The Morgan fingerprint density at radius 2 is 2.08 bits per heavy atom. The van der Waals surface area contributed by atoms with E-state index in [1.165, 1.54) is 0 Å². The van der Waals surface area contributed by atoms with Gasteiger partial charge in [0.1, 0.15) is 17.3 Å². The molecule has 1 amide bonds. The third-order valence-electron chi connectivity index (χ3n) is 4.85. The molecule has 4 rings (SSSR count). The first-order valence-corrected chi connectivity index (χ1v) is 8.56. The number of carbonyl (C=O) groups is 1. The maximum atomic E-state index is 12.6. The van der Waals surface area contributed by atoms with Gasteiger partial charge in [0.05, 0.1) is 18.5 Å². The Bertz CT molecular complexity index is 959. The summed E-state index contributed by atoms with van der Waals surface area (Å²) >= 11 is 0. The average Bonchev–Trinajstić information content (AvgIpc) is 3.33. The smallest absolute Gasteiger partial charge is 0.227 e. The van der Waals surface area contributed by atoms with Crippen molar-refractivity contribution in [1.82, 2.24) is 19.7 Å². The molecule has 2 aromatic heterocycles. The number of aromatic nitrogens is 4. The van der Waals surface area contributed by atoms with Crippen LogP contribution in [0, 0.1) is 6.92 Å². The number of methoxy groups -OCH3 is 1. The molecule has 1 fully saturated rings. The fraction of sp³-hybridized carbons (Fsp3) is 0.316. The second-order valence-corrected chi connectivity index (χ2v) is 6.51. The number of aromatic amines is 1. The molecular weight excluding hydrogens is 330 g/mol. The number of benzene rings is 1. The van der Waals surface area contributed by atoms with Gasteiger partial charge in [0.25, 0.3) is 0 Å². The Labute approximate surface area is 151 Å². The van der Waals surface area contributed by atoms with Gasteiger partial charge in [-0.15, -0.1) is 0 Å². The van der Waals surface area contributed by atoms with Crippen LogP contribution in [0.1, 0.15) is 23.9 Å². The number of anilines is 1. The molecule has 1 N–H and O–H groups in total. The highest BCUT2D eigenvalue weighted by Crippen LogP contribution is 2.36. The number of carbonyl (C=O) groups excluding carboxylic acids is 1. The normalized spacial score (nSPS) is 17.1. The number of rotatable bonds is 4. The lowest BCUT2D eigenvalue weighted by Gasteiger charge is -2.19. The van der Waals surface area contributed by atoms with Crippen molar-refractivity contribution in [3.63, 3.8) is 0 Å². The second kappa shape index (κ2) is 6.33. The predicted octanol–water partition coefficient (Wildman–Crippen LogP) is 2.65. The van der Waals surface area contributed by atoms with E-state index in [2.05, 4.69) is 10.1 Å². The number of hydrogen-bond donors (Lipinski definition) is 1. The lowest BCUT2D eigenvalue weighted by molar-refractivity contribution is -0.117. The van der Waals surface area contributed by atoms with Crippen LogP contribution in [0.2, 0.25) is 0 Å².